The molecule has 0 unspecified atom stereocenters. The van der Waals surface area contributed by atoms with E-state index in [2.05, 4.69) is 20.4 Å². The van der Waals surface area contributed by atoms with Crippen molar-refractivity contribution in [1.29, 1.82) is 0 Å². The molecule has 1 aliphatic heterocycles. The van der Waals surface area contributed by atoms with Gasteiger partial charge in [-0.2, -0.15) is 0 Å². The van der Waals surface area contributed by atoms with Gasteiger partial charge in [0.25, 0.3) is 5.91 Å². The summed E-state index contributed by atoms with van der Waals surface area (Å²) in [6.07, 6.45) is 3.26. The first-order chi connectivity index (χ1) is 10.5. The fraction of sp³-hybridized carbons (Fsp3) is 0.444. The number of hydroxylamine groups is 2. The van der Waals surface area contributed by atoms with Crippen molar-refractivity contribution in [2.24, 2.45) is 5.92 Å². The average molecular weight is 301 g/mol. The summed E-state index contributed by atoms with van der Waals surface area (Å²) in [5.41, 5.74) is 2.70. The van der Waals surface area contributed by atoms with Gasteiger partial charge in [0.05, 0.1) is 12.1 Å². The van der Waals surface area contributed by atoms with Crippen LogP contribution in [0, 0.1) is 5.92 Å². The van der Waals surface area contributed by atoms with Crippen LogP contribution in [0.5, 0.6) is 0 Å². The molecule has 1 heterocycles. The molecule has 0 saturated carbocycles. The quantitative estimate of drug-likeness (QED) is 0.809. The lowest BCUT2D eigenvalue weighted by Gasteiger charge is -2.15. The number of rotatable bonds is 6. The van der Waals surface area contributed by atoms with Crippen molar-refractivity contribution in [1.82, 2.24) is 5.06 Å². The van der Waals surface area contributed by atoms with Gasteiger partial charge in [-0.05, 0) is 36.3 Å². The van der Waals surface area contributed by atoms with E-state index in [1.54, 1.807) is 0 Å². The largest absolute Gasteiger partial charge is 0.337 e. The summed E-state index contributed by atoms with van der Waals surface area (Å²) >= 11 is 0. The summed E-state index contributed by atoms with van der Waals surface area (Å²) in [6.45, 7) is 8.13. The Morgan fingerprint density at radius 1 is 1.23 bits per heavy atom. The smallest absolute Gasteiger partial charge is 0.333 e. The Balaban J connectivity index is 1.86. The third kappa shape index (κ3) is 4.45. The topological polar surface area (TPSA) is 46.6 Å². The van der Waals surface area contributed by atoms with E-state index in [9.17, 15) is 9.59 Å². The van der Waals surface area contributed by atoms with Crippen molar-refractivity contribution in [3.8, 4) is 0 Å². The van der Waals surface area contributed by atoms with Crippen molar-refractivity contribution in [3.05, 3.63) is 47.7 Å². The molecule has 0 atom stereocenters. The highest BCUT2D eigenvalue weighted by molar-refractivity contribution is 5.82. The molecule has 1 amide bonds. The lowest BCUT2D eigenvalue weighted by molar-refractivity contribution is -0.186. The molecular formula is C18H23NO3. The summed E-state index contributed by atoms with van der Waals surface area (Å²) in [5.74, 6) is 0.0365. The molecule has 1 aliphatic rings. The summed E-state index contributed by atoms with van der Waals surface area (Å²) in [4.78, 5) is 28.5. The Morgan fingerprint density at radius 2 is 1.86 bits per heavy atom. The zero-order chi connectivity index (χ0) is 16.1. The van der Waals surface area contributed by atoms with Gasteiger partial charge in [0.1, 0.15) is 0 Å². The minimum atomic E-state index is -0.439. The molecule has 0 aliphatic carbocycles. The van der Waals surface area contributed by atoms with Gasteiger partial charge in [-0.15, -0.1) is 5.06 Å². The SMILES string of the molecule is C=C1CCC(=O)N1OC(=O)Cc1ccc(CCC(C)C)cc1. The van der Waals surface area contributed by atoms with Crippen LogP contribution < -0.4 is 0 Å². The van der Waals surface area contributed by atoms with Gasteiger partial charge in [-0.25, -0.2) is 4.79 Å². The van der Waals surface area contributed by atoms with E-state index in [1.807, 2.05) is 24.3 Å². The number of amides is 1. The predicted molar refractivity (Wildman–Crippen MR) is 84.6 cm³/mol. The number of aryl methyl sites for hydroxylation is 1. The minimum absolute atomic E-state index is 0.154. The molecule has 1 fully saturated rings. The van der Waals surface area contributed by atoms with E-state index in [0.29, 0.717) is 24.5 Å². The molecule has 4 heteroatoms. The summed E-state index contributed by atoms with van der Waals surface area (Å²) in [7, 11) is 0. The third-order valence-corrected chi connectivity index (χ3v) is 3.72. The number of allylic oxidation sites excluding steroid dienone is 1. The summed E-state index contributed by atoms with van der Waals surface area (Å²) in [6, 6.07) is 7.98. The molecule has 1 saturated heterocycles. The number of carbonyl (C=O) groups is 2. The number of hydrogen-bond acceptors (Lipinski definition) is 3. The van der Waals surface area contributed by atoms with Gasteiger partial charge in [0, 0.05) is 6.42 Å². The molecule has 1 aromatic rings. The van der Waals surface area contributed by atoms with E-state index in [0.717, 1.165) is 23.5 Å². The van der Waals surface area contributed by atoms with Gasteiger partial charge < -0.3 is 4.84 Å². The molecular weight excluding hydrogens is 278 g/mol. The van der Waals surface area contributed by atoms with E-state index < -0.39 is 5.97 Å². The highest BCUT2D eigenvalue weighted by atomic mass is 16.7. The molecule has 0 radical (unpaired) electrons. The molecule has 0 aromatic heterocycles. The van der Waals surface area contributed by atoms with Crippen molar-refractivity contribution in [2.45, 2.75) is 46.0 Å². The van der Waals surface area contributed by atoms with Gasteiger partial charge in [-0.1, -0.05) is 44.7 Å². The highest BCUT2D eigenvalue weighted by Crippen LogP contribution is 2.21. The third-order valence-electron chi connectivity index (χ3n) is 3.72. The molecule has 22 heavy (non-hydrogen) atoms. The number of nitrogens with zero attached hydrogens (tertiary/aromatic N) is 1. The van der Waals surface area contributed by atoms with Crippen molar-refractivity contribution in [3.63, 3.8) is 0 Å². The fourth-order valence-corrected chi connectivity index (χ4v) is 2.33. The number of benzene rings is 1. The molecule has 1 aromatic carbocycles. The molecule has 0 N–H and O–H groups in total. The van der Waals surface area contributed by atoms with E-state index >= 15 is 0 Å². The van der Waals surface area contributed by atoms with Crippen LogP contribution in [0.15, 0.2) is 36.5 Å². The Morgan fingerprint density at radius 3 is 2.41 bits per heavy atom. The Kier molecular flexibility index (Phi) is 5.36. The monoisotopic (exact) mass is 301 g/mol. The maximum Gasteiger partial charge on any atom is 0.337 e. The average Bonchev–Trinajstić information content (AvgIpc) is 2.78. The van der Waals surface area contributed by atoms with Crippen molar-refractivity contribution in [2.75, 3.05) is 0 Å². The van der Waals surface area contributed by atoms with E-state index in [4.69, 9.17) is 4.84 Å². The second-order valence-corrected chi connectivity index (χ2v) is 6.14. The van der Waals surface area contributed by atoms with Crippen LogP contribution in [-0.4, -0.2) is 16.9 Å². The van der Waals surface area contributed by atoms with Crippen molar-refractivity contribution < 1.29 is 14.4 Å². The van der Waals surface area contributed by atoms with Gasteiger partial charge >= 0.3 is 5.97 Å². The maximum atomic E-state index is 11.9. The zero-order valence-electron chi connectivity index (χ0n) is 13.3. The van der Waals surface area contributed by atoms with Crippen LogP contribution >= 0.6 is 0 Å². The molecule has 2 rings (SSSR count). The minimum Gasteiger partial charge on any atom is -0.333 e. The number of carbonyl (C=O) groups excluding carboxylic acids is 2. The first-order valence-corrected chi connectivity index (χ1v) is 7.75. The predicted octanol–water partition coefficient (Wildman–Crippen LogP) is 3.41. The Bertz CT molecular complexity index is 544. The van der Waals surface area contributed by atoms with Crippen LogP contribution in [0.3, 0.4) is 0 Å². The second kappa shape index (κ2) is 7.25. The summed E-state index contributed by atoms with van der Waals surface area (Å²) < 4.78 is 0. The van der Waals surface area contributed by atoms with Crippen LogP contribution in [-0.2, 0) is 27.3 Å². The van der Waals surface area contributed by atoms with Crippen molar-refractivity contribution >= 4 is 11.9 Å². The zero-order valence-corrected chi connectivity index (χ0v) is 13.3. The van der Waals surface area contributed by atoms with Crippen LogP contribution in [0.25, 0.3) is 0 Å². The molecule has 4 nitrogen and oxygen atoms in total. The van der Waals surface area contributed by atoms with E-state index in [1.165, 1.54) is 5.56 Å². The Labute approximate surface area is 131 Å². The highest BCUT2D eigenvalue weighted by Gasteiger charge is 2.28. The van der Waals surface area contributed by atoms with Gasteiger partial charge in [0.2, 0.25) is 0 Å². The standard InChI is InChI=1S/C18H23NO3/c1-13(2)4-6-15-7-9-16(10-8-15)12-18(21)22-19-14(3)5-11-17(19)20/h7-10,13H,3-6,11-12H2,1-2H3. The molecule has 118 valence electrons. The molecule has 0 bridgehead atoms. The van der Waals surface area contributed by atoms with Crippen LogP contribution in [0.1, 0.15) is 44.2 Å². The number of hydrogen-bond donors (Lipinski definition) is 0. The van der Waals surface area contributed by atoms with Gasteiger partial charge in [-0.3, -0.25) is 4.79 Å². The lowest BCUT2D eigenvalue weighted by atomic mass is 10.0. The van der Waals surface area contributed by atoms with Gasteiger partial charge in [0.15, 0.2) is 0 Å². The normalized spacial score (nSPS) is 14.8. The molecule has 0 spiro atoms. The summed E-state index contributed by atoms with van der Waals surface area (Å²) in [5, 5.41) is 1.03. The first kappa shape index (κ1) is 16.3. The first-order valence-electron chi connectivity index (χ1n) is 7.75. The second-order valence-electron chi connectivity index (χ2n) is 6.14. The Hall–Kier alpha value is -2.10. The van der Waals surface area contributed by atoms with Crippen LogP contribution in [0.4, 0.5) is 0 Å². The lowest BCUT2D eigenvalue weighted by Crippen LogP contribution is -2.27. The van der Waals surface area contributed by atoms with Crippen LogP contribution in [0.2, 0.25) is 0 Å². The maximum absolute atomic E-state index is 11.9. The van der Waals surface area contributed by atoms with E-state index in [-0.39, 0.29) is 12.3 Å². The fourth-order valence-electron chi connectivity index (χ4n) is 2.33.